The molecule has 0 saturated carbocycles. The minimum absolute atomic E-state index is 0.119. The van der Waals surface area contributed by atoms with E-state index in [0.717, 1.165) is 38.8 Å². The molecule has 0 radical (unpaired) electrons. The monoisotopic (exact) mass is 275 g/mol. The number of thiocarbonyl (C=S) groups is 2. The van der Waals surface area contributed by atoms with Gasteiger partial charge in [-0.2, -0.15) is 0 Å². The highest BCUT2D eigenvalue weighted by molar-refractivity contribution is 7.89. The molecule has 0 rings (SSSR count). The largest absolute Gasteiger partial charge is 0.388 e. The first-order valence-electron chi connectivity index (χ1n) is 5.92. The minimum Gasteiger partial charge on any atom is -0.388 e. The molecule has 0 aromatic carbocycles. The number of carbonyl (C=O) groups is 1. The van der Waals surface area contributed by atoms with Gasteiger partial charge in [0.1, 0.15) is 9.98 Å². The van der Waals surface area contributed by atoms with Crippen molar-refractivity contribution in [1.29, 1.82) is 0 Å². The summed E-state index contributed by atoms with van der Waals surface area (Å²) in [7, 11) is 0. The summed E-state index contributed by atoms with van der Waals surface area (Å²) in [5.41, 5.74) is 5.35. The highest BCUT2D eigenvalue weighted by Gasteiger charge is 1.98. The van der Waals surface area contributed by atoms with Crippen LogP contribution in [0.3, 0.4) is 0 Å². The molecule has 0 aliphatic carbocycles. The van der Waals surface area contributed by atoms with Gasteiger partial charge in [0.25, 0.3) is 0 Å². The summed E-state index contributed by atoms with van der Waals surface area (Å²) < 4.78 is 0. The fourth-order valence-corrected chi connectivity index (χ4v) is 1.42. The van der Waals surface area contributed by atoms with Crippen molar-refractivity contribution in [2.75, 3.05) is 13.1 Å². The summed E-state index contributed by atoms with van der Waals surface area (Å²) in [6, 6.07) is 0. The molecule has 0 unspecified atom stereocenters. The van der Waals surface area contributed by atoms with E-state index in [2.05, 4.69) is 10.6 Å². The van der Waals surface area contributed by atoms with Crippen LogP contribution in [0.5, 0.6) is 0 Å². The third-order valence-corrected chi connectivity index (χ3v) is 2.95. The number of hydrogen-bond acceptors (Lipinski definition) is 3. The molecule has 17 heavy (non-hydrogen) atoms. The molecular weight excluding hydrogens is 254 g/mol. The van der Waals surface area contributed by atoms with Gasteiger partial charge in [-0.05, 0) is 12.8 Å². The van der Waals surface area contributed by atoms with Gasteiger partial charge in [-0.15, -0.1) is 0 Å². The number of carbonyl (C=O) groups excluding carboxylic acids is 1. The third-order valence-electron chi connectivity index (χ3n) is 2.26. The van der Waals surface area contributed by atoms with Crippen molar-refractivity contribution in [3.05, 3.63) is 0 Å². The lowest BCUT2D eigenvalue weighted by atomic mass is 10.2. The average molecular weight is 275 g/mol. The van der Waals surface area contributed by atoms with Gasteiger partial charge < -0.3 is 16.4 Å². The normalized spacial score (nSPS) is 9.71. The zero-order chi connectivity index (χ0) is 13.1. The molecule has 0 saturated heterocycles. The van der Waals surface area contributed by atoms with Crippen molar-refractivity contribution in [3.63, 3.8) is 0 Å². The zero-order valence-corrected chi connectivity index (χ0v) is 11.9. The number of amides is 1. The third kappa shape index (κ3) is 10.1. The number of rotatable bonds is 8. The van der Waals surface area contributed by atoms with Crippen LogP contribution in [0.4, 0.5) is 0 Å². The van der Waals surface area contributed by atoms with Crippen molar-refractivity contribution in [1.82, 2.24) is 10.6 Å². The van der Waals surface area contributed by atoms with Crippen LogP contribution in [-0.2, 0) is 4.79 Å². The van der Waals surface area contributed by atoms with Gasteiger partial charge in [0, 0.05) is 19.5 Å². The van der Waals surface area contributed by atoms with E-state index in [9.17, 15) is 4.79 Å². The van der Waals surface area contributed by atoms with Gasteiger partial charge in [-0.1, -0.05) is 44.2 Å². The van der Waals surface area contributed by atoms with E-state index in [1.54, 1.807) is 0 Å². The van der Waals surface area contributed by atoms with Crippen LogP contribution in [0.2, 0.25) is 0 Å². The molecule has 0 spiro atoms. The maximum absolute atomic E-state index is 10.9. The Morgan fingerprint density at radius 1 is 1.06 bits per heavy atom. The minimum atomic E-state index is 0.119. The summed E-state index contributed by atoms with van der Waals surface area (Å²) in [5.74, 6) is 0.119. The van der Waals surface area contributed by atoms with E-state index in [-0.39, 0.29) is 10.9 Å². The van der Waals surface area contributed by atoms with Crippen molar-refractivity contribution in [3.8, 4) is 0 Å². The van der Waals surface area contributed by atoms with E-state index >= 15 is 0 Å². The van der Waals surface area contributed by atoms with Crippen LogP contribution in [0, 0.1) is 0 Å². The Hall–Kier alpha value is -0.750. The molecule has 0 aliphatic heterocycles. The molecule has 0 bridgehead atoms. The van der Waals surface area contributed by atoms with Gasteiger partial charge in [-0.3, -0.25) is 4.79 Å². The Morgan fingerprint density at radius 3 is 2.06 bits per heavy atom. The quantitative estimate of drug-likeness (QED) is 0.460. The van der Waals surface area contributed by atoms with Crippen LogP contribution in [0.15, 0.2) is 0 Å². The van der Waals surface area contributed by atoms with Gasteiger partial charge in [0.05, 0.1) is 0 Å². The highest BCUT2D eigenvalue weighted by Crippen LogP contribution is 1.98. The van der Waals surface area contributed by atoms with E-state index in [0.29, 0.717) is 11.4 Å². The molecular formula is C11H21N3OS2. The molecule has 0 heterocycles. The molecule has 0 aromatic heterocycles. The summed E-state index contributed by atoms with van der Waals surface area (Å²) in [5, 5.41) is 5.84. The van der Waals surface area contributed by atoms with Crippen molar-refractivity contribution < 1.29 is 4.79 Å². The standard InChI is InChI=1S/C11H21N3OS2/c1-2-9(15)13-7-5-3-4-6-8-14-11(17)10(12)16/h2-8H2,1H3,(H2,12,16)(H,13,15)(H,14,17). The second-order valence-electron chi connectivity index (χ2n) is 3.74. The molecule has 0 fully saturated rings. The van der Waals surface area contributed by atoms with E-state index in [1.165, 1.54) is 0 Å². The molecule has 0 atom stereocenters. The highest BCUT2D eigenvalue weighted by atomic mass is 32.1. The Balaban J connectivity index is 3.22. The van der Waals surface area contributed by atoms with Crippen LogP contribution in [-0.4, -0.2) is 29.0 Å². The van der Waals surface area contributed by atoms with Gasteiger partial charge in [-0.25, -0.2) is 0 Å². The second kappa shape index (κ2) is 10.4. The van der Waals surface area contributed by atoms with Crippen LogP contribution < -0.4 is 16.4 Å². The molecule has 6 heteroatoms. The van der Waals surface area contributed by atoms with Gasteiger partial charge >= 0.3 is 0 Å². The number of unbranched alkanes of at least 4 members (excludes halogenated alkanes) is 3. The van der Waals surface area contributed by atoms with Crippen LogP contribution in [0.25, 0.3) is 0 Å². The average Bonchev–Trinajstić information content (AvgIpc) is 2.31. The fourth-order valence-electron chi connectivity index (χ4n) is 1.25. The SMILES string of the molecule is CCC(=O)NCCCCCCNC(=S)C(N)=S. The van der Waals surface area contributed by atoms with Gasteiger partial charge in [0.15, 0.2) is 0 Å². The Kier molecular flexibility index (Phi) is 9.95. The number of nitrogens with two attached hydrogens (primary N) is 1. The predicted octanol–water partition coefficient (Wildman–Crippen LogP) is 1.28. The lowest BCUT2D eigenvalue weighted by molar-refractivity contribution is -0.120. The van der Waals surface area contributed by atoms with Crippen molar-refractivity contribution >= 4 is 40.3 Å². The summed E-state index contributed by atoms with van der Waals surface area (Å²) in [4.78, 5) is 11.6. The molecule has 0 aliphatic rings. The predicted molar refractivity (Wildman–Crippen MR) is 79.2 cm³/mol. The smallest absolute Gasteiger partial charge is 0.219 e. The first-order valence-corrected chi connectivity index (χ1v) is 6.74. The molecule has 4 nitrogen and oxygen atoms in total. The maximum atomic E-state index is 10.9. The summed E-state index contributed by atoms with van der Waals surface area (Å²) in [6.07, 6.45) is 4.82. The summed E-state index contributed by atoms with van der Waals surface area (Å²) in [6.45, 7) is 3.43. The molecule has 4 N–H and O–H groups in total. The zero-order valence-electron chi connectivity index (χ0n) is 10.3. The lowest BCUT2D eigenvalue weighted by Gasteiger charge is -2.06. The lowest BCUT2D eigenvalue weighted by Crippen LogP contribution is -2.33. The maximum Gasteiger partial charge on any atom is 0.219 e. The molecule has 98 valence electrons. The van der Waals surface area contributed by atoms with E-state index in [4.69, 9.17) is 30.2 Å². The molecule has 0 aromatic rings. The second-order valence-corrected chi connectivity index (χ2v) is 4.59. The Morgan fingerprint density at radius 2 is 1.59 bits per heavy atom. The summed E-state index contributed by atoms with van der Waals surface area (Å²) >= 11 is 9.64. The topological polar surface area (TPSA) is 67.2 Å². The molecule has 1 amide bonds. The van der Waals surface area contributed by atoms with Crippen LogP contribution in [0.1, 0.15) is 39.0 Å². The number of nitrogens with one attached hydrogen (secondary N) is 2. The first-order chi connectivity index (χ1) is 8.07. The first kappa shape index (κ1) is 16.2. The van der Waals surface area contributed by atoms with E-state index < -0.39 is 0 Å². The van der Waals surface area contributed by atoms with Gasteiger partial charge in [0.2, 0.25) is 5.91 Å². The number of hydrogen-bond donors (Lipinski definition) is 3. The van der Waals surface area contributed by atoms with Crippen molar-refractivity contribution in [2.24, 2.45) is 5.73 Å². The Labute approximate surface area is 114 Å². The van der Waals surface area contributed by atoms with Crippen LogP contribution >= 0.6 is 24.4 Å². The van der Waals surface area contributed by atoms with E-state index in [1.807, 2.05) is 6.92 Å². The van der Waals surface area contributed by atoms with Crippen molar-refractivity contribution in [2.45, 2.75) is 39.0 Å². The fraction of sp³-hybridized carbons (Fsp3) is 0.727. The Bertz CT molecular complexity index is 269.